The largest absolute Gasteiger partial charge is 1.00 e. The predicted octanol–water partition coefficient (Wildman–Crippen LogP) is 2.44. The second-order valence-corrected chi connectivity index (χ2v) is 11.2. The van der Waals surface area contributed by atoms with Crippen molar-refractivity contribution in [3.05, 3.63) is 76.7 Å². The van der Waals surface area contributed by atoms with Crippen molar-refractivity contribution in [3.63, 3.8) is 0 Å². The molecule has 0 fully saturated rings. The molecule has 15 nitrogen and oxygen atoms in total. The van der Waals surface area contributed by atoms with Gasteiger partial charge in [0.1, 0.15) is 47.0 Å². The van der Waals surface area contributed by atoms with Crippen LogP contribution < -0.4 is 52.7 Å². The van der Waals surface area contributed by atoms with E-state index in [1.807, 2.05) is 0 Å². The molecule has 5 rings (SSSR count). The number of methoxy groups -OCH3 is 3. The van der Waals surface area contributed by atoms with Crippen LogP contribution in [-0.4, -0.2) is 59.6 Å². The van der Waals surface area contributed by atoms with Gasteiger partial charge in [-0.15, -0.1) is 0 Å². The van der Waals surface area contributed by atoms with Crippen LogP contribution in [0.1, 0.15) is 44.7 Å². The van der Waals surface area contributed by atoms with Crippen LogP contribution in [0.3, 0.4) is 0 Å². The first kappa shape index (κ1) is 38.4. The summed E-state index contributed by atoms with van der Waals surface area (Å²) in [6, 6.07) is 12.4. The van der Waals surface area contributed by atoms with E-state index in [9.17, 15) is 22.6 Å². The SMILES string of the molecule is CCOC(=O)c1c(COc2cc3c(C(=O)OCc4ccc(OCOC)cc4)c(C)oc3cc2OC)oc2cc(OC)c(OS(=O)(=O)[O-])cc12.[Na+]. The average Bonchev–Trinajstić information content (AvgIpc) is 3.59. The molecule has 5 aromatic rings. The van der Waals surface area contributed by atoms with E-state index in [1.54, 1.807) is 38.1 Å². The number of rotatable bonds is 15. The summed E-state index contributed by atoms with van der Waals surface area (Å²) in [4.78, 5) is 26.3. The first-order valence-electron chi connectivity index (χ1n) is 14.5. The third-order valence-corrected chi connectivity index (χ3v) is 7.45. The number of benzene rings is 3. The molecule has 0 aliphatic heterocycles. The normalized spacial score (nSPS) is 11.2. The first-order valence-corrected chi connectivity index (χ1v) is 15.9. The number of esters is 2. The Kier molecular flexibility index (Phi) is 12.7. The van der Waals surface area contributed by atoms with E-state index in [0.717, 1.165) is 11.6 Å². The monoisotopic (exact) mass is 722 g/mol. The van der Waals surface area contributed by atoms with Gasteiger partial charge in [0, 0.05) is 30.0 Å². The number of hydrogen-bond donors (Lipinski definition) is 0. The van der Waals surface area contributed by atoms with Gasteiger partial charge in [-0.05, 0) is 43.7 Å². The van der Waals surface area contributed by atoms with Crippen LogP contribution in [0.2, 0.25) is 0 Å². The minimum atomic E-state index is -5.18. The Hall–Kier alpha value is -4.45. The molecule has 0 spiro atoms. The van der Waals surface area contributed by atoms with Crippen LogP contribution in [0.4, 0.5) is 0 Å². The van der Waals surface area contributed by atoms with E-state index >= 15 is 0 Å². The molecule has 0 N–H and O–H groups in total. The molecule has 2 aromatic heterocycles. The maximum atomic E-state index is 13.3. The quantitative estimate of drug-likeness (QED) is 0.0503. The van der Waals surface area contributed by atoms with Crippen LogP contribution in [0.5, 0.6) is 28.7 Å². The Balaban J connectivity index is 0.00000562. The molecule has 0 aliphatic rings. The van der Waals surface area contributed by atoms with Crippen molar-refractivity contribution in [1.82, 2.24) is 0 Å². The van der Waals surface area contributed by atoms with E-state index in [1.165, 1.54) is 39.5 Å². The van der Waals surface area contributed by atoms with Crippen molar-refractivity contribution < 1.29 is 98.3 Å². The van der Waals surface area contributed by atoms with Gasteiger partial charge in [-0.1, -0.05) is 12.1 Å². The number of carbonyl (C=O) groups is 2. The zero-order chi connectivity index (χ0) is 35.3. The molecular formula is C33H31NaO15S. The molecule has 0 radical (unpaired) electrons. The summed E-state index contributed by atoms with van der Waals surface area (Å²) in [5, 5.41) is 0.453. The van der Waals surface area contributed by atoms with Crippen LogP contribution in [0.15, 0.2) is 57.4 Å². The summed E-state index contributed by atoms with van der Waals surface area (Å²) in [5.41, 5.74) is 1.21. The van der Waals surface area contributed by atoms with Crippen LogP contribution in [-0.2, 0) is 37.8 Å². The van der Waals surface area contributed by atoms with Crippen LogP contribution in [0, 0.1) is 6.92 Å². The molecule has 260 valence electrons. The molecule has 0 saturated carbocycles. The van der Waals surface area contributed by atoms with Gasteiger partial charge in [0.15, 0.2) is 35.6 Å². The Bertz CT molecular complexity index is 2100. The third-order valence-electron chi connectivity index (χ3n) is 7.07. The summed E-state index contributed by atoms with van der Waals surface area (Å²) in [6.07, 6.45) is 0. The van der Waals surface area contributed by atoms with Crippen molar-refractivity contribution in [1.29, 1.82) is 0 Å². The van der Waals surface area contributed by atoms with E-state index in [4.69, 9.17) is 42.0 Å². The van der Waals surface area contributed by atoms with Crippen molar-refractivity contribution in [3.8, 4) is 28.7 Å². The fraction of sp³-hybridized carbons (Fsp3) is 0.273. The smallest absolute Gasteiger partial charge is 0.716 e. The summed E-state index contributed by atoms with van der Waals surface area (Å²) in [6.45, 7) is 2.96. The van der Waals surface area contributed by atoms with Gasteiger partial charge >= 0.3 is 41.5 Å². The van der Waals surface area contributed by atoms with E-state index in [2.05, 4.69) is 4.18 Å². The second kappa shape index (κ2) is 16.5. The Morgan fingerprint density at radius 1 is 0.760 bits per heavy atom. The zero-order valence-corrected chi connectivity index (χ0v) is 30.8. The number of hydrogen-bond acceptors (Lipinski definition) is 15. The zero-order valence-electron chi connectivity index (χ0n) is 28.0. The fourth-order valence-electron chi connectivity index (χ4n) is 4.94. The summed E-state index contributed by atoms with van der Waals surface area (Å²) >= 11 is 0. The first-order chi connectivity index (χ1) is 23.5. The molecule has 0 aliphatic carbocycles. The molecule has 2 heterocycles. The van der Waals surface area contributed by atoms with E-state index in [0.29, 0.717) is 22.5 Å². The number of furan rings is 2. The Labute approximate surface area is 308 Å². The van der Waals surface area contributed by atoms with Gasteiger partial charge in [0.2, 0.25) is 0 Å². The van der Waals surface area contributed by atoms with Crippen LogP contribution >= 0.6 is 0 Å². The summed E-state index contributed by atoms with van der Waals surface area (Å²) < 4.78 is 88.0. The van der Waals surface area contributed by atoms with Gasteiger partial charge in [0.05, 0.1) is 20.8 Å². The standard InChI is InChI=1S/C33H32O15S.Na/c1-6-42-33(35)31-22-12-28(48-49(36,37)38)26(41-5)14-24(22)47-29(31)16-43-27-11-21-23(13-25(27)40-4)46-18(2)30(21)32(34)44-15-19-7-9-20(10-8-19)45-17-39-3;/h7-14H,6,15-17H2,1-5H3,(H,36,37,38);/q;+1/p-1. The maximum absolute atomic E-state index is 13.3. The second-order valence-electron chi connectivity index (χ2n) is 10.2. The minimum Gasteiger partial charge on any atom is -0.716 e. The van der Waals surface area contributed by atoms with Gasteiger partial charge in [-0.25, -0.2) is 18.0 Å². The Morgan fingerprint density at radius 2 is 1.36 bits per heavy atom. The molecule has 17 heteroatoms. The molecule has 0 atom stereocenters. The molecule has 0 unspecified atom stereocenters. The summed E-state index contributed by atoms with van der Waals surface area (Å²) in [7, 11) is -1.02. The molecule has 0 saturated heterocycles. The number of aryl methyl sites for hydroxylation is 1. The molecule has 3 aromatic carbocycles. The molecular weight excluding hydrogens is 691 g/mol. The van der Waals surface area contributed by atoms with Crippen molar-refractivity contribution >= 4 is 44.3 Å². The topological polar surface area (TPSA) is 191 Å². The van der Waals surface area contributed by atoms with Gasteiger partial charge in [0.25, 0.3) is 10.4 Å². The van der Waals surface area contributed by atoms with E-state index in [-0.39, 0.29) is 101 Å². The van der Waals surface area contributed by atoms with E-state index < -0.39 is 28.1 Å². The summed E-state index contributed by atoms with van der Waals surface area (Å²) in [5.74, 6) is -0.762. The van der Waals surface area contributed by atoms with Crippen LogP contribution in [0.25, 0.3) is 21.9 Å². The molecule has 50 heavy (non-hydrogen) atoms. The molecule has 0 amide bonds. The number of carbonyl (C=O) groups excluding carboxylic acids is 2. The van der Waals surface area contributed by atoms with Crippen molar-refractivity contribution in [2.24, 2.45) is 0 Å². The Morgan fingerprint density at radius 3 is 1.98 bits per heavy atom. The minimum absolute atomic E-state index is 0. The maximum Gasteiger partial charge on any atom is 1.00 e. The van der Waals surface area contributed by atoms with Gasteiger partial charge in [-0.3, -0.25) is 0 Å². The number of ether oxygens (including phenoxy) is 7. The fourth-order valence-corrected chi connectivity index (χ4v) is 5.29. The molecule has 0 bridgehead atoms. The predicted molar refractivity (Wildman–Crippen MR) is 169 cm³/mol. The number of fused-ring (bicyclic) bond motifs is 2. The average molecular weight is 723 g/mol. The van der Waals surface area contributed by atoms with Gasteiger partial charge in [-0.2, -0.15) is 0 Å². The third kappa shape index (κ3) is 8.64. The van der Waals surface area contributed by atoms with Gasteiger partial charge < -0.3 is 50.7 Å². The van der Waals surface area contributed by atoms with Crippen molar-refractivity contribution in [2.75, 3.05) is 34.7 Å². The van der Waals surface area contributed by atoms with Crippen molar-refractivity contribution in [2.45, 2.75) is 27.1 Å².